The van der Waals surface area contributed by atoms with E-state index in [9.17, 15) is 4.79 Å². The summed E-state index contributed by atoms with van der Waals surface area (Å²) in [6.07, 6.45) is 0.743. The second-order valence-electron chi connectivity index (χ2n) is 3.99. The molecule has 1 atom stereocenters. The minimum absolute atomic E-state index is 0.0422. The summed E-state index contributed by atoms with van der Waals surface area (Å²) in [4.78, 5) is 11.9. The molecule has 1 fully saturated rings. The molecule has 0 spiro atoms. The van der Waals surface area contributed by atoms with Gasteiger partial charge < -0.3 is 14.8 Å². The molecule has 0 bridgehead atoms. The van der Waals surface area contributed by atoms with E-state index in [4.69, 9.17) is 14.7 Å². The van der Waals surface area contributed by atoms with Gasteiger partial charge in [0.25, 0.3) is 0 Å². The maximum atomic E-state index is 11.9. The number of nitrogens with zero attached hydrogens (tertiary/aromatic N) is 1. The van der Waals surface area contributed by atoms with E-state index in [1.54, 1.807) is 24.3 Å². The molecule has 18 heavy (non-hydrogen) atoms. The van der Waals surface area contributed by atoms with E-state index in [1.807, 2.05) is 6.07 Å². The molecule has 2 rings (SSSR count). The third kappa shape index (κ3) is 2.99. The number of anilines is 1. The average molecular weight is 246 g/mol. The zero-order valence-electron chi connectivity index (χ0n) is 9.89. The van der Waals surface area contributed by atoms with Crippen LogP contribution in [-0.2, 0) is 9.53 Å². The van der Waals surface area contributed by atoms with Gasteiger partial charge in [-0.15, -0.1) is 0 Å². The summed E-state index contributed by atoms with van der Waals surface area (Å²) in [5.41, 5.74) is 0.588. The molecule has 94 valence electrons. The van der Waals surface area contributed by atoms with Crippen molar-refractivity contribution in [3.63, 3.8) is 0 Å². The summed E-state index contributed by atoms with van der Waals surface area (Å²) < 4.78 is 10.4. The lowest BCUT2D eigenvalue weighted by atomic mass is 10.1. The average Bonchev–Trinajstić information content (AvgIpc) is 2.91. The van der Waals surface area contributed by atoms with Crippen LogP contribution in [0.4, 0.5) is 5.69 Å². The van der Waals surface area contributed by atoms with Crippen LogP contribution in [0.3, 0.4) is 0 Å². The molecular weight excluding hydrogens is 232 g/mol. The molecule has 5 heteroatoms. The first-order valence-electron chi connectivity index (χ1n) is 5.78. The van der Waals surface area contributed by atoms with E-state index in [2.05, 4.69) is 5.32 Å². The Balaban J connectivity index is 2.03. The first-order chi connectivity index (χ1) is 8.81. The lowest BCUT2D eigenvalue weighted by molar-refractivity contribution is -0.119. The fourth-order valence-electron chi connectivity index (χ4n) is 1.78. The van der Waals surface area contributed by atoms with Gasteiger partial charge in [0.15, 0.2) is 6.61 Å². The number of para-hydroxylation sites is 2. The van der Waals surface area contributed by atoms with E-state index in [0.29, 0.717) is 24.7 Å². The van der Waals surface area contributed by atoms with Crippen LogP contribution in [0.1, 0.15) is 6.42 Å². The molecule has 0 saturated carbocycles. The first kappa shape index (κ1) is 12.4. The maximum Gasteiger partial charge on any atom is 0.230 e. The molecule has 1 aliphatic heterocycles. The Morgan fingerprint density at radius 2 is 2.39 bits per heavy atom. The lowest BCUT2D eigenvalue weighted by Gasteiger charge is -2.12. The van der Waals surface area contributed by atoms with Crippen LogP contribution in [0.25, 0.3) is 0 Å². The van der Waals surface area contributed by atoms with Crippen LogP contribution in [0.5, 0.6) is 5.75 Å². The van der Waals surface area contributed by atoms with Crippen LogP contribution in [0.15, 0.2) is 24.3 Å². The quantitative estimate of drug-likeness (QED) is 0.875. The molecule has 1 unspecified atom stereocenters. The van der Waals surface area contributed by atoms with E-state index >= 15 is 0 Å². The fourth-order valence-corrected chi connectivity index (χ4v) is 1.78. The third-order valence-corrected chi connectivity index (χ3v) is 2.74. The highest BCUT2D eigenvalue weighted by Crippen LogP contribution is 2.25. The van der Waals surface area contributed by atoms with E-state index < -0.39 is 0 Å². The number of hydrogen-bond donors (Lipinski definition) is 1. The molecule has 1 saturated heterocycles. The minimum atomic E-state index is -0.103. The number of amides is 1. The standard InChI is InChI=1S/C13H14N2O3/c14-6-8-18-12-4-2-1-3-11(12)15-13(16)10-5-7-17-9-10/h1-4,10H,5,7-9H2,(H,15,16). The molecule has 1 aromatic carbocycles. The van der Waals surface area contributed by atoms with Crippen LogP contribution in [-0.4, -0.2) is 25.7 Å². The third-order valence-electron chi connectivity index (χ3n) is 2.74. The van der Waals surface area contributed by atoms with E-state index in [0.717, 1.165) is 6.42 Å². The zero-order valence-corrected chi connectivity index (χ0v) is 9.89. The molecule has 0 radical (unpaired) electrons. The van der Waals surface area contributed by atoms with Crippen LogP contribution in [0.2, 0.25) is 0 Å². The molecule has 1 heterocycles. The van der Waals surface area contributed by atoms with Gasteiger partial charge >= 0.3 is 0 Å². The smallest absolute Gasteiger partial charge is 0.230 e. The predicted molar refractivity (Wildman–Crippen MR) is 65.1 cm³/mol. The highest BCUT2D eigenvalue weighted by Gasteiger charge is 2.24. The Morgan fingerprint density at radius 3 is 3.11 bits per heavy atom. The molecule has 1 N–H and O–H groups in total. The van der Waals surface area contributed by atoms with Crippen molar-refractivity contribution in [2.75, 3.05) is 25.1 Å². The van der Waals surface area contributed by atoms with Crippen molar-refractivity contribution in [3.8, 4) is 11.8 Å². The fraction of sp³-hybridized carbons (Fsp3) is 0.385. The number of rotatable bonds is 4. The van der Waals surface area contributed by atoms with Crippen LogP contribution >= 0.6 is 0 Å². The van der Waals surface area contributed by atoms with E-state index in [-0.39, 0.29) is 18.4 Å². The second-order valence-corrected chi connectivity index (χ2v) is 3.99. The Hall–Kier alpha value is -2.06. The van der Waals surface area contributed by atoms with Crippen molar-refractivity contribution in [1.29, 1.82) is 5.26 Å². The number of carbonyl (C=O) groups excluding carboxylic acids is 1. The summed E-state index contributed by atoms with van der Waals surface area (Å²) in [6, 6.07) is 8.97. The summed E-state index contributed by atoms with van der Waals surface area (Å²) in [5.74, 6) is 0.334. The summed E-state index contributed by atoms with van der Waals surface area (Å²) >= 11 is 0. The molecule has 0 aliphatic carbocycles. The number of carbonyl (C=O) groups is 1. The molecule has 1 aliphatic rings. The highest BCUT2D eigenvalue weighted by atomic mass is 16.5. The van der Waals surface area contributed by atoms with Gasteiger partial charge in [-0.25, -0.2) is 0 Å². The van der Waals surface area contributed by atoms with Crippen molar-refractivity contribution in [2.45, 2.75) is 6.42 Å². The first-order valence-corrected chi connectivity index (χ1v) is 5.78. The van der Waals surface area contributed by atoms with Gasteiger partial charge in [0, 0.05) is 6.61 Å². The number of benzene rings is 1. The number of nitrogens with one attached hydrogen (secondary N) is 1. The minimum Gasteiger partial charge on any atom is -0.477 e. The number of hydrogen-bond acceptors (Lipinski definition) is 4. The lowest BCUT2D eigenvalue weighted by Crippen LogP contribution is -2.23. The molecule has 0 aromatic heterocycles. The van der Waals surface area contributed by atoms with Gasteiger partial charge in [-0.2, -0.15) is 5.26 Å². The van der Waals surface area contributed by atoms with Crippen molar-refractivity contribution in [3.05, 3.63) is 24.3 Å². The normalized spacial score (nSPS) is 18.1. The predicted octanol–water partition coefficient (Wildman–Crippen LogP) is 1.56. The van der Waals surface area contributed by atoms with Crippen LogP contribution < -0.4 is 10.1 Å². The van der Waals surface area contributed by atoms with Gasteiger partial charge in [0.1, 0.15) is 11.8 Å². The van der Waals surface area contributed by atoms with Crippen molar-refractivity contribution < 1.29 is 14.3 Å². The SMILES string of the molecule is N#CCOc1ccccc1NC(=O)C1CCOC1. The van der Waals surface area contributed by atoms with Gasteiger partial charge in [-0.1, -0.05) is 12.1 Å². The molecular formula is C13H14N2O3. The van der Waals surface area contributed by atoms with Crippen molar-refractivity contribution >= 4 is 11.6 Å². The monoisotopic (exact) mass is 246 g/mol. The van der Waals surface area contributed by atoms with Gasteiger partial charge in [0.2, 0.25) is 5.91 Å². The topological polar surface area (TPSA) is 71.3 Å². The zero-order chi connectivity index (χ0) is 12.8. The molecule has 1 amide bonds. The Labute approximate surface area is 105 Å². The van der Waals surface area contributed by atoms with Gasteiger partial charge in [0.05, 0.1) is 18.2 Å². The second kappa shape index (κ2) is 6.03. The Morgan fingerprint density at radius 1 is 1.56 bits per heavy atom. The van der Waals surface area contributed by atoms with Gasteiger partial charge in [-0.05, 0) is 18.6 Å². The summed E-state index contributed by atoms with van der Waals surface area (Å²) in [5, 5.41) is 11.3. The molecule has 1 aromatic rings. The van der Waals surface area contributed by atoms with Crippen molar-refractivity contribution in [2.24, 2.45) is 5.92 Å². The maximum absolute atomic E-state index is 11.9. The number of ether oxygens (including phenoxy) is 2. The number of nitriles is 1. The summed E-state index contributed by atoms with van der Waals surface area (Å²) in [6.45, 7) is 1.05. The summed E-state index contributed by atoms with van der Waals surface area (Å²) in [7, 11) is 0. The van der Waals surface area contributed by atoms with Crippen molar-refractivity contribution in [1.82, 2.24) is 0 Å². The Kier molecular flexibility index (Phi) is 4.15. The van der Waals surface area contributed by atoms with Gasteiger partial charge in [-0.3, -0.25) is 4.79 Å². The Bertz CT molecular complexity index is 462. The van der Waals surface area contributed by atoms with Crippen LogP contribution in [0, 0.1) is 17.2 Å². The molecule has 5 nitrogen and oxygen atoms in total. The van der Waals surface area contributed by atoms with E-state index in [1.165, 1.54) is 0 Å². The largest absolute Gasteiger partial charge is 0.477 e. The highest BCUT2D eigenvalue weighted by molar-refractivity contribution is 5.94.